The van der Waals surface area contributed by atoms with E-state index in [-0.39, 0.29) is 0 Å². The molecule has 6 nitrogen and oxygen atoms in total. The van der Waals surface area contributed by atoms with Crippen LogP contribution in [0.3, 0.4) is 0 Å². The number of rotatable bonds is 10. The molecule has 2 rings (SSSR count). The minimum absolute atomic E-state index is 0.302. The van der Waals surface area contributed by atoms with Crippen LogP contribution >= 0.6 is 0 Å². The van der Waals surface area contributed by atoms with Crippen molar-refractivity contribution >= 4 is 16.8 Å². The monoisotopic (exact) mass is 408 g/mol. The quantitative estimate of drug-likeness (QED) is 0.353. The van der Waals surface area contributed by atoms with Crippen molar-refractivity contribution < 1.29 is 8.95 Å². The molecule has 0 spiro atoms. The Bertz CT molecular complexity index is 639. The summed E-state index contributed by atoms with van der Waals surface area (Å²) in [4.78, 5) is 9.12. The van der Waals surface area contributed by atoms with Gasteiger partial charge in [0.05, 0.1) is 13.2 Å². The number of guanidine groups is 1. The smallest absolute Gasteiger partial charge is 0.218 e. The van der Waals surface area contributed by atoms with Gasteiger partial charge in [-0.25, -0.2) is 9.98 Å². The fourth-order valence-corrected chi connectivity index (χ4v) is 4.76. The molecule has 0 amide bonds. The topological polar surface area (TPSA) is 75.6 Å². The van der Waals surface area contributed by atoms with Crippen LogP contribution in [0.15, 0.2) is 23.3 Å². The molecule has 3 unspecified atom stereocenters. The average molecular weight is 409 g/mol. The number of hydrogen-bond acceptors (Lipinski definition) is 4. The third-order valence-electron chi connectivity index (χ3n) is 4.96. The number of nitrogens with zero attached hydrogens (tertiary/aromatic N) is 2. The van der Waals surface area contributed by atoms with Gasteiger partial charge in [0.2, 0.25) is 5.88 Å². The van der Waals surface area contributed by atoms with Gasteiger partial charge in [-0.2, -0.15) is 0 Å². The van der Waals surface area contributed by atoms with Gasteiger partial charge in [0.15, 0.2) is 5.96 Å². The summed E-state index contributed by atoms with van der Waals surface area (Å²) in [6, 6.07) is 4.26. The third kappa shape index (κ3) is 7.41. The number of pyridine rings is 1. The first kappa shape index (κ1) is 22.7. The van der Waals surface area contributed by atoms with E-state index in [0.717, 1.165) is 62.3 Å². The van der Waals surface area contributed by atoms with Gasteiger partial charge in [0.1, 0.15) is 0 Å². The van der Waals surface area contributed by atoms with Crippen molar-refractivity contribution in [2.24, 2.45) is 4.99 Å². The molecule has 1 aromatic rings. The van der Waals surface area contributed by atoms with Gasteiger partial charge >= 0.3 is 0 Å². The largest absolute Gasteiger partial charge is 0.477 e. The van der Waals surface area contributed by atoms with E-state index in [1.54, 1.807) is 6.20 Å². The van der Waals surface area contributed by atoms with Crippen molar-refractivity contribution in [3.05, 3.63) is 23.9 Å². The van der Waals surface area contributed by atoms with Crippen LogP contribution in [0.5, 0.6) is 5.88 Å². The summed E-state index contributed by atoms with van der Waals surface area (Å²) < 4.78 is 18.0. The minimum atomic E-state index is -0.719. The molecule has 1 fully saturated rings. The molecule has 28 heavy (non-hydrogen) atoms. The Hall–Kier alpha value is -1.63. The number of hydrogen-bond donors (Lipinski definition) is 2. The van der Waals surface area contributed by atoms with Gasteiger partial charge in [-0.05, 0) is 38.7 Å². The summed E-state index contributed by atoms with van der Waals surface area (Å²) in [5.41, 5.74) is 0.990. The van der Waals surface area contributed by atoms with Crippen molar-refractivity contribution in [2.75, 3.05) is 18.9 Å². The van der Waals surface area contributed by atoms with E-state index in [1.165, 1.54) is 0 Å². The fourth-order valence-electron chi connectivity index (χ4n) is 3.42. The first-order chi connectivity index (χ1) is 13.7. The van der Waals surface area contributed by atoms with Gasteiger partial charge in [0, 0.05) is 46.1 Å². The lowest BCUT2D eigenvalue weighted by Crippen LogP contribution is -2.46. The highest BCUT2D eigenvalue weighted by molar-refractivity contribution is 7.85. The van der Waals surface area contributed by atoms with Crippen molar-refractivity contribution in [1.29, 1.82) is 0 Å². The summed E-state index contributed by atoms with van der Waals surface area (Å²) in [5, 5.41) is 7.18. The highest BCUT2D eigenvalue weighted by Gasteiger charge is 2.26. The second kappa shape index (κ2) is 12.8. The summed E-state index contributed by atoms with van der Waals surface area (Å²) in [5.74, 6) is 2.22. The number of nitrogens with one attached hydrogen (secondary N) is 2. The molecule has 1 saturated carbocycles. The van der Waals surface area contributed by atoms with E-state index in [2.05, 4.69) is 29.5 Å². The summed E-state index contributed by atoms with van der Waals surface area (Å²) in [7, 11) is -0.719. The van der Waals surface area contributed by atoms with E-state index in [0.29, 0.717) is 30.3 Å². The van der Waals surface area contributed by atoms with Gasteiger partial charge in [-0.1, -0.05) is 32.8 Å². The molecule has 1 aromatic heterocycles. The van der Waals surface area contributed by atoms with Crippen LogP contribution in [-0.4, -0.2) is 45.3 Å². The lowest BCUT2D eigenvalue weighted by molar-refractivity contribution is 0.294. The van der Waals surface area contributed by atoms with Crippen LogP contribution in [0.25, 0.3) is 0 Å². The summed E-state index contributed by atoms with van der Waals surface area (Å²) >= 11 is 0. The molecule has 158 valence electrons. The molecule has 7 heteroatoms. The van der Waals surface area contributed by atoms with Crippen LogP contribution in [0.1, 0.15) is 64.9 Å². The minimum Gasteiger partial charge on any atom is -0.477 e. The number of aromatic nitrogens is 1. The Kier molecular flexibility index (Phi) is 10.3. The standard InChI is InChI=1S/C21H36N4O2S/c1-4-7-14-27-20-17(10-9-13-23-20)16-24-21(22-5-2)25-18-11-8-12-19(15-18)28(26)6-3/h9-10,13,18-19H,4-8,11-12,14-16H2,1-3H3,(H2,22,24,25). The zero-order valence-corrected chi connectivity index (χ0v) is 18.4. The molecule has 0 aliphatic heterocycles. The van der Waals surface area contributed by atoms with E-state index in [9.17, 15) is 4.21 Å². The number of aliphatic imine (C=N–C) groups is 1. The number of unbranched alkanes of at least 4 members (excludes halogenated alkanes) is 1. The molecule has 1 aliphatic rings. The highest BCUT2D eigenvalue weighted by atomic mass is 32.2. The van der Waals surface area contributed by atoms with Gasteiger partial charge in [0.25, 0.3) is 0 Å². The molecule has 0 aromatic carbocycles. The second-order valence-electron chi connectivity index (χ2n) is 7.16. The van der Waals surface area contributed by atoms with Crippen LogP contribution < -0.4 is 15.4 Å². The van der Waals surface area contributed by atoms with Gasteiger partial charge < -0.3 is 15.4 Å². The van der Waals surface area contributed by atoms with Crippen LogP contribution in [0.4, 0.5) is 0 Å². The van der Waals surface area contributed by atoms with E-state index < -0.39 is 10.8 Å². The Labute approximate surface area is 172 Å². The Balaban J connectivity index is 1.99. The average Bonchev–Trinajstić information content (AvgIpc) is 2.73. The SMILES string of the molecule is CCCCOc1ncccc1CN=C(NCC)NC1CCCC(S(=O)CC)C1. The molecule has 2 N–H and O–H groups in total. The van der Waals surface area contributed by atoms with Crippen molar-refractivity contribution in [3.63, 3.8) is 0 Å². The van der Waals surface area contributed by atoms with Crippen molar-refractivity contribution in [3.8, 4) is 5.88 Å². The van der Waals surface area contributed by atoms with Crippen molar-refractivity contribution in [2.45, 2.75) is 77.1 Å². The second-order valence-corrected chi connectivity index (χ2v) is 9.17. The maximum absolute atomic E-state index is 12.2. The molecule has 0 saturated heterocycles. The molecule has 0 bridgehead atoms. The van der Waals surface area contributed by atoms with Crippen molar-refractivity contribution in [1.82, 2.24) is 15.6 Å². The lowest BCUT2D eigenvalue weighted by atomic mass is 9.95. The Morgan fingerprint density at radius 2 is 2.21 bits per heavy atom. The predicted octanol–water partition coefficient (Wildman–Crippen LogP) is 3.40. The Morgan fingerprint density at radius 1 is 1.36 bits per heavy atom. The Morgan fingerprint density at radius 3 is 2.96 bits per heavy atom. The zero-order valence-electron chi connectivity index (χ0n) is 17.6. The number of ether oxygens (including phenoxy) is 1. The maximum Gasteiger partial charge on any atom is 0.218 e. The molecule has 1 heterocycles. The van der Waals surface area contributed by atoms with E-state index in [1.807, 2.05) is 19.1 Å². The molecule has 0 radical (unpaired) electrons. The maximum atomic E-state index is 12.2. The van der Waals surface area contributed by atoms with E-state index in [4.69, 9.17) is 9.73 Å². The van der Waals surface area contributed by atoms with Crippen LogP contribution in [0, 0.1) is 0 Å². The first-order valence-electron chi connectivity index (χ1n) is 10.7. The fraction of sp³-hybridized carbons (Fsp3) is 0.714. The van der Waals surface area contributed by atoms with Gasteiger partial charge in [-0.15, -0.1) is 0 Å². The molecular formula is C21H36N4O2S. The zero-order chi connectivity index (χ0) is 20.2. The van der Waals surface area contributed by atoms with E-state index >= 15 is 0 Å². The predicted molar refractivity (Wildman–Crippen MR) is 117 cm³/mol. The lowest BCUT2D eigenvalue weighted by Gasteiger charge is -2.30. The third-order valence-corrected chi connectivity index (χ3v) is 6.70. The molecule has 1 aliphatic carbocycles. The normalized spacial score (nSPS) is 21.2. The molecule has 3 atom stereocenters. The van der Waals surface area contributed by atoms with Gasteiger partial charge in [-0.3, -0.25) is 4.21 Å². The highest BCUT2D eigenvalue weighted by Crippen LogP contribution is 2.23. The van der Waals surface area contributed by atoms with Crippen LogP contribution in [-0.2, 0) is 17.3 Å². The molecular weight excluding hydrogens is 372 g/mol. The van der Waals surface area contributed by atoms with Crippen LogP contribution in [0.2, 0.25) is 0 Å². The summed E-state index contributed by atoms with van der Waals surface area (Å²) in [6.45, 7) is 8.22. The first-order valence-corrected chi connectivity index (χ1v) is 12.0. The summed E-state index contributed by atoms with van der Waals surface area (Å²) in [6.07, 6.45) is 8.11.